The summed E-state index contributed by atoms with van der Waals surface area (Å²) in [4.78, 5) is 22.1. The van der Waals surface area contributed by atoms with Crippen LogP contribution in [-0.2, 0) is 11.2 Å². The summed E-state index contributed by atoms with van der Waals surface area (Å²) >= 11 is 0. The van der Waals surface area contributed by atoms with E-state index in [0.717, 1.165) is 11.8 Å². The average molecular weight is 219 g/mol. The van der Waals surface area contributed by atoms with E-state index in [0.29, 0.717) is 24.4 Å². The van der Waals surface area contributed by atoms with Crippen molar-refractivity contribution in [1.82, 2.24) is 5.32 Å². The molecule has 1 rings (SSSR count). The number of rotatable bonds is 5. The molecule has 3 nitrogen and oxygen atoms in total. The second-order valence-electron chi connectivity index (χ2n) is 4.24. The van der Waals surface area contributed by atoms with Crippen LogP contribution in [-0.4, -0.2) is 18.7 Å². The van der Waals surface area contributed by atoms with Crippen LogP contribution in [0, 0.1) is 5.92 Å². The van der Waals surface area contributed by atoms with Gasteiger partial charge in [-0.2, -0.15) is 0 Å². The van der Waals surface area contributed by atoms with Gasteiger partial charge in [-0.25, -0.2) is 0 Å². The Kier molecular flexibility index (Phi) is 4.70. The van der Waals surface area contributed by atoms with Crippen LogP contribution >= 0.6 is 0 Å². The molecule has 0 spiro atoms. The summed E-state index contributed by atoms with van der Waals surface area (Å²) in [7, 11) is 0. The van der Waals surface area contributed by atoms with Crippen LogP contribution in [0.3, 0.4) is 0 Å². The summed E-state index contributed by atoms with van der Waals surface area (Å²) in [6.07, 6.45) is 1.12. The first-order valence-corrected chi connectivity index (χ1v) is 5.42. The van der Waals surface area contributed by atoms with Gasteiger partial charge in [0.2, 0.25) is 5.91 Å². The minimum Gasteiger partial charge on any atom is -0.356 e. The molecule has 3 heteroatoms. The monoisotopic (exact) mass is 219 g/mol. The van der Waals surface area contributed by atoms with Gasteiger partial charge in [-0.1, -0.05) is 32.0 Å². The van der Waals surface area contributed by atoms with E-state index < -0.39 is 0 Å². The lowest BCUT2D eigenvalue weighted by Crippen LogP contribution is -2.28. The largest absolute Gasteiger partial charge is 0.356 e. The SMILES string of the molecule is CC(C)CNC(=O)Cc1cccc(C=O)c1. The molecular weight excluding hydrogens is 202 g/mol. The molecule has 0 bridgehead atoms. The first kappa shape index (κ1) is 12.4. The molecule has 1 amide bonds. The van der Waals surface area contributed by atoms with Crippen LogP contribution in [0.1, 0.15) is 29.8 Å². The van der Waals surface area contributed by atoms with E-state index in [9.17, 15) is 9.59 Å². The van der Waals surface area contributed by atoms with E-state index >= 15 is 0 Å². The molecular formula is C13H17NO2. The van der Waals surface area contributed by atoms with Gasteiger partial charge >= 0.3 is 0 Å². The molecule has 0 saturated heterocycles. The molecule has 86 valence electrons. The highest BCUT2D eigenvalue weighted by Crippen LogP contribution is 2.04. The number of hydrogen-bond acceptors (Lipinski definition) is 2. The predicted octanol–water partition coefficient (Wildman–Crippen LogP) is 1.81. The predicted molar refractivity (Wildman–Crippen MR) is 63.4 cm³/mol. The third-order valence-electron chi connectivity index (χ3n) is 2.16. The summed E-state index contributed by atoms with van der Waals surface area (Å²) in [6.45, 7) is 4.78. The van der Waals surface area contributed by atoms with Crippen molar-refractivity contribution in [3.05, 3.63) is 35.4 Å². The second-order valence-corrected chi connectivity index (χ2v) is 4.24. The highest BCUT2D eigenvalue weighted by atomic mass is 16.1. The number of carbonyl (C=O) groups is 2. The van der Waals surface area contributed by atoms with Crippen LogP contribution in [0.15, 0.2) is 24.3 Å². The Hall–Kier alpha value is -1.64. The van der Waals surface area contributed by atoms with Gasteiger partial charge in [-0.15, -0.1) is 0 Å². The molecule has 16 heavy (non-hydrogen) atoms. The van der Waals surface area contributed by atoms with Crippen LogP contribution < -0.4 is 5.32 Å². The molecule has 0 aliphatic carbocycles. The fraction of sp³-hybridized carbons (Fsp3) is 0.385. The lowest BCUT2D eigenvalue weighted by Gasteiger charge is -2.07. The highest BCUT2D eigenvalue weighted by molar-refractivity contribution is 5.80. The summed E-state index contributed by atoms with van der Waals surface area (Å²) in [5.41, 5.74) is 1.47. The Labute approximate surface area is 95.9 Å². The Bertz CT molecular complexity index is 372. The van der Waals surface area contributed by atoms with Gasteiger partial charge in [0, 0.05) is 12.1 Å². The molecule has 0 heterocycles. The van der Waals surface area contributed by atoms with Gasteiger partial charge < -0.3 is 5.32 Å². The van der Waals surface area contributed by atoms with Crippen molar-refractivity contribution in [2.24, 2.45) is 5.92 Å². The smallest absolute Gasteiger partial charge is 0.224 e. The lowest BCUT2D eigenvalue weighted by atomic mass is 10.1. The summed E-state index contributed by atoms with van der Waals surface area (Å²) in [5.74, 6) is 0.446. The van der Waals surface area contributed by atoms with Gasteiger partial charge in [0.1, 0.15) is 6.29 Å². The number of carbonyl (C=O) groups excluding carboxylic acids is 2. The Morgan fingerprint density at radius 3 is 2.81 bits per heavy atom. The Balaban J connectivity index is 2.52. The Morgan fingerprint density at radius 1 is 1.44 bits per heavy atom. The number of amides is 1. The lowest BCUT2D eigenvalue weighted by molar-refractivity contribution is -0.120. The van der Waals surface area contributed by atoms with Crippen molar-refractivity contribution in [3.8, 4) is 0 Å². The van der Waals surface area contributed by atoms with Crippen LogP contribution in [0.4, 0.5) is 0 Å². The van der Waals surface area contributed by atoms with Crippen molar-refractivity contribution in [2.75, 3.05) is 6.54 Å². The standard InChI is InChI=1S/C13H17NO2/c1-10(2)8-14-13(16)7-11-4-3-5-12(6-11)9-15/h3-6,9-10H,7-8H2,1-2H3,(H,14,16). The van der Waals surface area contributed by atoms with E-state index in [1.54, 1.807) is 18.2 Å². The molecule has 0 aliphatic rings. The molecule has 0 aliphatic heterocycles. The quantitative estimate of drug-likeness (QED) is 0.768. The first-order chi connectivity index (χ1) is 7.61. The zero-order valence-corrected chi connectivity index (χ0v) is 9.69. The van der Waals surface area contributed by atoms with Crippen LogP contribution in [0.25, 0.3) is 0 Å². The van der Waals surface area contributed by atoms with Crippen LogP contribution in [0.2, 0.25) is 0 Å². The van der Waals surface area contributed by atoms with Gasteiger partial charge in [0.15, 0.2) is 0 Å². The third-order valence-corrected chi connectivity index (χ3v) is 2.16. The van der Waals surface area contributed by atoms with Gasteiger partial charge in [0.05, 0.1) is 6.42 Å². The number of benzene rings is 1. The molecule has 0 radical (unpaired) electrons. The van der Waals surface area contributed by atoms with E-state index in [1.807, 2.05) is 19.9 Å². The molecule has 1 N–H and O–H groups in total. The topological polar surface area (TPSA) is 46.2 Å². The zero-order chi connectivity index (χ0) is 12.0. The van der Waals surface area contributed by atoms with Crippen molar-refractivity contribution >= 4 is 12.2 Å². The van der Waals surface area contributed by atoms with E-state index in [1.165, 1.54) is 0 Å². The van der Waals surface area contributed by atoms with Crippen molar-refractivity contribution in [2.45, 2.75) is 20.3 Å². The zero-order valence-electron chi connectivity index (χ0n) is 9.69. The third kappa shape index (κ3) is 4.26. The van der Waals surface area contributed by atoms with E-state index in [4.69, 9.17) is 0 Å². The van der Waals surface area contributed by atoms with Crippen molar-refractivity contribution < 1.29 is 9.59 Å². The minimum atomic E-state index is -0.00301. The normalized spacial score (nSPS) is 10.2. The molecule has 0 saturated carbocycles. The minimum absolute atomic E-state index is 0.00301. The van der Waals surface area contributed by atoms with Gasteiger partial charge in [0.25, 0.3) is 0 Å². The van der Waals surface area contributed by atoms with Crippen molar-refractivity contribution in [1.29, 1.82) is 0 Å². The first-order valence-electron chi connectivity index (χ1n) is 5.42. The van der Waals surface area contributed by atoms with Gasteiger partial charge in [-0.05, 0) is 17.5 Å². The maximum Gasteiger partial charge on any atom is 0.224 e. The highest BCUT2D eigenvalue weighted by Gasteiger charge is 2.04. The maximum absolute atomic E-state index is 11.5. The molecule has 1 aromatic rings. The molecule has 0 aromatic heterocycles. The summed E-state index contributed by atoms with van der Waals surface area (Å²) in [6, 6.07) is 7.10. The average Bonchev–Trinajstić information content (AvgIpc) is 2.26. The van der Waals surface area contributed by atoms with E-state index in [2.05, 4.69) is 5.32 Å². The van der Waals surface area contributed by atoms with Crippen LogP contribution in [0.5, 0.6) is 0 Å². The second kappa shape index (κ2) is 6.05. The van der Waals surface area contributed by atoms with Crippen molar-refractivity contribution in [3.63, 3.8) is 0 Å². The molecule has 1 aromatic carbocycles. The molecule has 0 unspecified atom stereocenters. The molecule has 0 fully saturated rings. The number of nitrogens with one attached hydrogen (secondary N) is 1. The summed E-state index contributed by atoms with van der Waals surface area (Å²) in [5, 5.41) is 2.84. The fourth-order valence-corrected chi connectivity index (χ4v) is 1.34. The number of aldehydes is 1. The maximum atomic E-state index is 11.5. The summed E-state index contributed by atoms with van der Waals surface area (Å²) < 4.78 is 0. The Morgan fingerprint density at radius 2 is 2.19 bits per heavy atom. The van der Waals surface area contributed by atoms with Gasteiger partial charge in [-0.3, -0.25) is 9.59 Å². The van der Waals surface area contributed by atoms with E-state index in [-0.39, 0.29) is 5.91 Å². The molecule has 0 atom stereocenters. The number of hydrogen-bond donors (Lipinski definition) is 1. The fourth-order valence-electron chi connectivity index (χ4n) is 1.34.